The number of rotatable bonds is 2. The van der Waals surface area contributed by atoms with Gasteiger partial charge in [-0.2, -0.15) is 0 Å². The minimum Gasteiger partial charge on any atom is -0.497 e. The van der Waals surface area contributed by atoms with Crippen molar-refractivity contribution in [3.8, 4) is 5.75 Å². The SMILES string of the molecule is CC(C)(O)C(C)(C)O.[B]c1cc(N)cc(OC)c1. The third-order valence-corrected chi connectivity index (χ3v) is 2.68. The van der Waals surface area contributed by atoms with Gasteiger partial charge in [-0.05, 0) is 39.8 Å². The Morgan fingerprint density at radius 3 is 1.78 bits per heavy atom. The fourth-order valence-corrected chi connectivity index (χ4v) is 0.764. The van der Waals surface area contributed by atoms with Gasteiger partial charge in [0.1, 0.15) is 13.6 Å². The number of benzene rings is 1. The summed E-state index contributed by atoms with van der Waals surface area (Å²) in [6.07, 6.45) is 0. The molecule has 0 aliphatic carbocycles. The first-order chi connectivity index (χ1) is 7.97. The van der Waals surface area contributed by atoms with Crippen molar-refractivity contribution >= 4 is 19.0 Å². The van der Waals surface area contributed by atoms with E-state index in [2.05, 4.69) is 0 Å². The van der Waals surface area contributed by atoms with E-state index in [0.717, 1.165) is 0 Å². The van der Waals surface area contributed by atoms with E-state index >= 15 is 0 Å². The molecule has 0 unspecified atom stereocenters. The highest BCUT2D eigenvalue weighted by molar-refractivity contribution is 6.32. The third kappa shape index (κ3) is 5.93. The topological polar surface area (TPSA) is 75.7 Å². The zero-order valence-electron chi connectivity index (χ0n) is 11.7. The highest BCUT2D eigenvalue weighted by Crippen LogP contribution is 2.19. The first-order valence-electron chi connectivity index (χ1n) is 5.62. The normalized spacial score (nSPS) is 11.5. The Balaban J connectivity index is 0.000000331. The summed E-state index contributed by atoms with van der Waals surface area (Å²) >= 11 is 0. The molecule has 1 aromatic carbocycles. The van der Waals surface area contributed by atoms with Gasteiger partial charge in [0.25, 0.3) is 0 Å². The van der Waals surface area contributed by atoms with Gasteiger partial charge in [0.2, 0.25) is 0 Å². The van der Waals surface area contributed by atoms with E-state index in [1.54, 1.807) is 53.0 Å². The van der Waals surface area contributed by atoms with Crippen LogP contribution in [0, 0.1) is 0 Å². The van der Waals surface area contributed by atoms with Crippen LogP contribution >= 0.6 is 0 Å². The third-order valence-electron chi connectivity index (χ3n) is 2.68. The summed E-state index contributed by atoms with van der Waals surface area (Å²) in [5.74, 6) is 0.692. The monoisotopic (exact) mass is 251 g/mol. The molecule has 4 N–H and O–H groups in total. The molecule has 0 bridgehead atoms. The molecule has 0 heterocycles. The maximum Gasteiger partial charge on any atom is 0.120 e. The molecular weight excluding hydrogens is 229 g/mol. The predicted octanol–water partition coefficient (Wildman–Crippen LogP) is 0.599. The smallest absolute Gasteiger partial charge is 0.120 e. The zero-order chi connectivity index (χ0) is 14.6. The molecule has 0 spiro atoms. The van der Waals surface area contributed by atoms with E-state index in [1.807, 2.05) is 0 Å². The molecule has 0 saturated heterocycles. The van der Waals surface area contributed by atoms with Gasteiger partial charge in [-0.15, -0.1) is 0 Å². The Morgan fingerprint density at radius 2 is 1.50 bits per heavy atom. The number of nitrogen functional groups attached to an aromatic ring is 1. The van der Waals surface area contributed by atoms with Gasteiger partial charge in [-0.1, -0.05) is 5.46 Å². The van der Waals surface area contributed by atoms with E-state index in [4.69, 9.17) is 28.5 Å². The highest BCUT2D eigenvalue weighted by atomic mass is 16.5. The molecule has 0 fully saturated rings. The van der Waals surface area contributed by atoms with Crippen molar-refractivity contribution in [3.05, 3.63) is 18.2 Å². The molecule has 5 heteroatoms. The number of hydrogen-bond acceptors (Lipinski definition) is 4. The molecule has 2 radical (unpaired) electrons. The molecule has 0 saturated carbocycles. The Labute approximate surface area is 110 Å². The summed E-state index contributed by atoms with van der Waals surface area (Å²) in [6, 6.07) is 5.12. The van der Waals surface area contributed by atoms with Crippen molar-refractivity contribution < 1.29 is 14.9 Å². The lowest BCUT2D eigenvalue weighted by molar-refractivity contribution is -0.107. The van der Waals surface area contributed by atoms with Gasteiger partial charge in [-0.25, -0.2) is 0 Å². The maximum atomic E-state index is 9.10. The molecule has 0 atom stereocenters. The van der Waals surface area contributed by atoms with Crippen molar-refractivity contribution in [2.75, 3.05) is 12.8 Å². The Morgan fingerprint density at radius 1 is 1.06 bits per heavy atom. The second kappa shape index (κ2) is 6.11. The fourth-order valence-electron chi connectivity index (χ4n) is 0.764. The average molecular weight is 251 g/mol. The van der Waals surface area contributed by atoms with Crippen molar-refractivity contribution in [1.82, 2.24) is 0 Å². The molecule has 1 rings (SSSR count). The van der Waals surface area contributed by atoms with Gasteiger partial charge in [-0.3, -0.25) is 0 Å². The van der Waals surface area contributed by atoms with E-state index in [-0.39, 0.29) is 0 Å². The Hall–Kier alpha value is -1.20. The molecule has 4 nitrogen and oxygen atoms in total. The first kappa shape index (κ1) is 16.8. The number of ether oxygens (including phenoxy) is 1. The van der Waals surface area contributed by atoms with Gasteiger partial charge >= 0.3 is 0 Å². The first-order valence-corrected chi connectivity index (χ1v) is 5.62. The number of nitrogens with two attached hydrogens (primary N) is 1. The maximum absolute atomic E-state index is 9.10. The summed E-state index contributed by atoms with van der Waals surface area (Å²) in [5.41, 5.74) is 4.71. The van der Waals surface area contributed by atoms with Crippen LogP contribution in [0.15, 0.2) is 18.2 Å². The summed E-state index contributed by atoms with van der Waals surface area (Å²) in [5, 5.41) is 18.2. The standard InChI is InChI=1S/C7H8BNO.C6H14O2/c1-10-7-3-5(8)2-6(9)4-7;1-5(2,7)6(3,4)8/h2-4H,9H2,1H3;7-8H,1-4H3. The van der Waals surface area contributed by atoms with E-state index in [9.17, 15) is 0 Å². The lowest BCUT2D eigenvalue weighted by Gasteiger charge is -2.31. The van der Waals surface area contributed by atoms with Gasteiger partial charge in [0.15, 0.2) is 0 Å². The minimum atomic E-state index is -1.01. The Kier molecular flexibility index (Phi) is 5.71. The van der Waals surface area contributed by atoms with E-state index in [1.165, 1.54) is 0 Å². The Bertz CT molecular complexity index is 349. The number of hydrogen-bond donors (Lipinski definition) is 3. The van der Waals surface area contributed by atoms with Crippen molar-refractivity contribution in [3.63, 3.8) is 0 Å². The van der Waals surface area contributed by atoms with Crippen LogP contribution in [0.25, 0.3) is 0 Å². The summed E-state index contributed by atoms with van der Waals surface area (Å²) in [6.45, 7) is 6.31. The average Bonchev–Trinajstić information content (AvgIpc) is 2.13. The van der Waals surface area contributed by atoms with Crippen LogP contribution in [0.3, 0.4) is 0 Å². The molecule has 0 aromatic heterocycles. The molecule has 0 aliphatic heterocycles. The van der Waals surface area contributed by atoms with Gasteiger partial charge in [0, 0.05) is 11.8 Å². The predicted molar refractivity (Wildman–Crippen MR) is 75.4 cm³/mol. The molecule has 100 valence electrons. The second-order valence-corrected chi connectivity index (χ2v) is 5.16. The van der Waals surface area contributed by atoms with Crippen LogP contribution in [0.1, 0.15) is 27.7 Å². The lowest BCUT2D eigenvalue weighted by Crippen LogP contribution is -2.44. The largest absolute Gasteiger partial charge is 0.497 e. The molecule has 0 amide bonds. The van der Waals surface area contributed by atoms with E-state index < -0.39 is 11.2 Å². The van der Waals surface area contributed by atoms with Crippen LogP contribution in [0.2, 0.25) is 0 Å². The van der Waals surface area contributed by atoms with Gasteiger partial charge < -0.3 is 20.7 Å². The summed E-state index contributed by atoms with van der Waals surface area (Å²) < 4.78 is 4.92. The number of methoxy groups -OCH3 is 1. The molecule has 0 aliphatic rings. The van der Waals surface area contributed by atoms with E-state index in [0.29, 0.717) is 16.9 Å². The van der Waals surface area contributed by atoms with Crippen molar-refractivity contribution in [2.24, 2.45) is 0 Å². The van der Waals surface area contributed by atoms with Crippen molar-refractivity contribution in [2.45, 2.75) is 38.9 Å². The summed E-state index contributed by atoms with van der Waals surface area (Å²) in [7, 11) is 7.05. The van der Waals surface area contributed by atoms with Crippen LogP contribution < -0.4 is 15.9 Å². The van der Waals surface area contributed by atoms with Gasteiger partial charge in [0.05, 0.1) is 18.3 Å². The number of anilines is 1. The molecular formula is C13H22BNO3. The van der Waals surface area contributed by atoms with Crippen LogP contribution in [-0.2, 0) is 0 Å². The fraction of sp³-hybridized carbons (Fsp3) is 0.538. The zero-order valence-corrected chi connectivity index (χ0v) is 11.7. The summed E-state index contributed by atoms with van der Waals surface area (Å²) in [4.78, 5) is 0. The van der Waals surface area contributed by atoms with Crippen LogP contribution in [0.4, 0.5) is 5.69 Å². The molecule has 18 heavy (non-hydrogen) atoms. The van der Waals surface area contributed by atoms with Crippen molar-refractivity contribution in [1.29, 1.82) is 0 Å². The van der Waals surface area contributed by atoms with Crippen LogP contribution in [0.5, 0.6) is 5.75 Å². The molecule has 1 aromatic rings. The number of aliphatic hydroxyl groups is 2. The second-order valence-electron chi connectivity index (χ2n) is 5.16. The quantitative estimate of drug-likeness (QED) is 0.531. The lowest BCUT2D eigenvalue weighted by atomic mass is 9.90. The minimum absolute atomic E-state index is 0.622. The van der Waals surface area contributed by atoms with Crippen LogP contribution in [-0.4, -0.2) is 36.4 Å². The highest BCUT2D eigenvalue weighted by Gasteiger charge is 2.31.